The van der Waals surface area contributed by atoms with Gasteiger partial charge in [0.1, 0.15) is 0 Å². The molecule has 0 amide bonds. The summed E-state index contributed by atoms with van der Waals surface area (Å²) in [5, 5.41) is 9.36. The van der Waals surface area contributed by atoms with Gasteiger partial charge in [-0.25, -0.2) is 0 Å². The van der Waals surface area contributed by atoms with Crippen LogP contribution < -0.4 is 0 Å². The average molecular weight is 182 g/mol. The van der Waals surface area contributed by atoms with Gasteiger partial charge in [0.05, 0.1) is 19.3 Å². The maximum absolute atomic E-state index is 9.36. The van der Waals surface area contributed by atoms with Gasteiger partial charge in [-0.15, -0.1) is 0 Å². The minimum Gasteiger partial charge on any atom is -0.396 e. The average Bonchev–Trinajstić information content (AvgIpc) is 2.17. The van der Waals surface area contributed by atoms with Gasteiger partial charge in [-0.1, -0.05) is 11.6 Å². The summed E-state index contributed by atoms with van der Waals surface area (Å²) in [7, 11) is 0. The van der Waals surface area contributed by atoms with E-state index >= 15 is 0 Å². The lowest BCUT2D eigenvalue weighted by atomic mass is 9.68. The molecule has 0 aromatic rings. The highest BCUT2D eigenvalue weighted by molar-refractivity contribution is 5.15. The molecule has 1 heterocycles. The van der Waals surface area contributed by atoms with Crippen molar-refractivity contribution in [3.05, 3.63) is 11.6 Å². The van der Waals surface area contributed by atoms with Crippen molar-refractivity contribution in [2.75, 3.05) is 13.2 Å². The monoisotopic (exact) mass is 182 g/mol. The molecule has 3 atom stereocenters. The van der Waals surface area contributed by atoms with Gasteiger partial charge >= 0.3 is 0 Å². The smallest absolute Gasteiger partial charge is 0.0612 e. The quantitative estimate of drug-likeness (QED) is 0.626. The zero-order chi connectivity index (χ0) is 9.47. The Morgan fingerprint density at radius 2 is 2.46 bits per heavy atom. The first-order valence-corrected chi connectivity index (χ1v) is 5.06. The molecule has 74 valence electrons. The van der Waals surface area contributed by atoms with Gasteiger partial charge in [-0.2, -0.15) is 0 Å². The lowest BCUT2D eigenvalue weighted by Crippen LogP contribution is -2.45. The Balaban J connectivity index is 2.24. The van der Waals surface area contributed by atoms with E-state index < -0.39 is 0 Å². The van der Waals surface area contributed by atoms with Crippen LogP contribution in [-0.2, 0) is 4.74 Å². The first-order chi connectivity index (χ1) is 6.17. The molecule has 2 nitrogen and oxygen atoms in total. The van der Waals surface area contributed by atoms with Gasteiger partial charge in [0.2, 0.25) is 0 Å². The summed E-state index contributed by atoms with van der Waals surface area (Å²) < 4.78 is 5.71. The minimum absolute atomic E-state index is 0.0384. The molecule has 1 unspecified atom stereocenters. The molecule has 2 bridgehead atoms. The number of hydrogen-bond donors (Lipinski definition) is 1. The van der Waals surface area contributed by atoms with Crippen molar-refractivity contribution >= 4 is 0 Å². The number of aliphatic hydroxyl groups excluding tert-OH is 1. The van der Waals surface area contributed by atoms with E-state index in [1.54, 1.807) is 0 Å². The molecule has 2 heteroatoms. The van der Waals surface area contributed by atoms with Crippen LogP contribution in [0.4, 0.5) is 0 Å². The van der Waals surface area contributed by atoms with Crippen molar-refractivity contribution in [1.29, 1.82) is 0 Å². The third kappa shape index (κ3) is 1.42. The van der Waals surface area contributed by atoms with Crippen molar-refractivity contribution in [1.82, 2.24) is 0 Å². The first kappa shape index (κ1) is 9.22. The van der Waals surface area contributed by atoms with Crippen molar-refractivity contribution in [2.45, 2.75) is 32.8 Å². The predicted octanol–water partition coefficient (Wildman–Crippen LogP) is 1.74. The fourth-order valence-electron chi connectivity index (χ4n) is 2.49. The minimum atomic E-state index is 0.0384. The summed E-state index contributed by atoms with van der Waals surface area (Å²) in [6.45, 7) is 5.30. The van der Waals surface area contributed by atoms with Crippen LogP contribution in [0.3, 0.4) is 0 Å². The Kier molecular flexibility index (Phi) is 2.20. The lowest BCUT2D eigenvalue weighted by Gasteiger charge is -2.46. The highest BCUT2D eigenvalue weighted by atomic mass is 16.5. The Hall–Kier alpha value is -0.340. The molecule has 1 fully saturated rings. The lowest BCUT2D eigenvalue weighted by molar-refractivity contribution is -0.104. The molecule has 0 aromatic heterocycles. The van der Waals surface area contributed by atoms with Gasteiger partial charge in [-0.3, -0.25) is 0 Å². The van der Waals surface area contributed by atoms with E-state index in [0.717, 1.165) is 19.4 Å². The Morgan fingerprint density at radius 3 is 3.15 bits per heavy atom. The van der Waals surface area contributed by atoms with Crippen molar-refractivity contribution in [2.24, 2.45) is 11.3 Å². The van der Waals surface area contributed by atoms with E-state index in [0.29, 0.717) is 12.0 Å². The van der Waals surface area contributed by atoms with Crippen molar-refractivity contribution in [3.8, 4) is 0 Å². The molecule has 13 heavy (non-hydrogen) atoms. The van der Waals surface area contributed by atoms with Crippen LogP contribution in [0.1, 0.15) is 26.7 Å². The summed E-state index contributed by atoms with van der Waals surface area (Å²) in [4.78, 5) is 0. The molecule has 1 saturated heterocycles. The summed E-state index contributed by atoms with van der Waals surface area (Å²) >= 11 is 0. The second-order valence-electron chi connectivity index (χ2n) is 4.64. The Labute approximate surface area is 79.6 Å². The second kappa shape index (κ2) is 3.10. The molecular formula is C11H18O2. The number of ether oxygens (including phenoxy) is 1. The van der Waals surface area contributed by atoms with Crippen LogP contribution in [-0.4, -0.2) is 24.4 Å². The normalized spacial score (nSPS) is 44.4. The maximum Gasteiger partial charge on any atom is 0.0612 e. The summed E-state index contributed by atoms with van der Waals surface area (Å²) in [6.07, 6.45) is 4.70. The van der Waals surface area contributed by atoms with Gasteiger partial charge in [0, 0.05) is 11.3 Å². The van der Waals surface area contributed by atoms with E-state index in [1.165, 1.54) is 5.57 Å². The number of allylic oxidation sites excluding steroid dienone is 1. The molecule has 0 saturated carbocycles. The number of aliphatic hydroxyl groups is 1. The maximum atomic E-state index is 9.36. The molecule has 0 spiro atoms. The summed E-state index contributed by atoms with van der Waals surface area (Å²) in [5.74, 6) is 0.537. The molecule has 1 N–H and O–H groups in total. The molecule has 1 aliphatic carbocycles. The van der Waals surface area contributed by atoms with Crippen LogP contribution in [0.5, 0.6) is 0 Å². The topological polar surface area (TPSA) is 29.5 Å². The molecule has 2 aliphatic rings. The molecule has 0 radical (unpaired) electrons. The highest BCUT2D eigenvalue weighted by Crippen LogP contribution is 2.44. The zero-order valence-corrected chi connectivity index (χ0v) is 8.42. The van der Waals surface area contributed by atoms with Crippen LogP contribution in [0.15, 0.2) is 11.6 Å². The van der Waals surface area contributed by atoms with Crippen LogP contribution in [0.2, 0.25) is 0 Å². The van der Waals surface area contributed by atoms with Gasteiger partial charge in [0.15, 0.2) is 0 Å². The number of hydrogen-bond acceptors (Lipinski definition) is 2. The molecular weight excluding hydrogens is 164 g/mol. The predicted molar refractivity (Wildman–Crippen MR) is 51.4 cm³/mol. The Morgan fingerprint density at radius 1 is 1.69 bits per heavy atom. The van der Waals surface area contributed by atoms with Crippen LogP contribution >= 0.6 is 0 Å². The van der Waals surface area contributed by atoms with Gasteiger partial charge in [-0.05, 0) is 26.7 Å². The number of fused-ring (bicyclic) bond motifs is 2. The highest BCUT2D eigenvalue weighted by Gasteiger charge is 2.42. The molecule has 1 aliphatic heterocycles. The van der Waals surface area contributed by atoms with Crippen molar-refractivity contribution in [3.63, 3.8) is 0 Å². The van der Waals surface area contributed by atoms with Crippen LogP contribution in [0.25, 0.3) is 0 Å². The van der Waals surface area contributed by atoms with Gasteiger partial charge in [0.25, 0.3) is 0 Å². The zero-order valence-electron chi connectivity index (χ0n) is 8.42. The van der Waals surface area contributed by atoms with E-state index in [1.807, 2.05) is 0 Å². The fourth-order valence-corrected chi connectivity index (χ4v) is 2.49. The van der Waals surface area contributed by atoms with E-state index in [4.69, 9.17) is 4.74 Å². The molecule has 0 aromatic carbocycles. The largest absolute Gasteiger partial charge is 0.396 e. The molecule has 2 rings (SSSR count). The van der Waals surface area contributed by atoms with Crippen molar-refractivity contribution < 1.29 is 9.84 Å². The standard InChI is InChI=1S/C11H18O2/c1-8-3-4-11(6-12)5-10(8)9(2)13-7-11/h3,9-10,12H,4-7H2,1-2H3/t9?,10-,11-/m1/s1. The summed E-state index contributed by atoms with van der Waals surface area (Å²) in [6, 6.07) is 0. The van der Waals surface area contributed by atoms with E-state index in [9.17, 15) is 5.11 Å². The summed E-state index contributed by atoms with van der Waals surface area (Å²) in [5.41, 5.74) is 1.48. The fraction of sp³-hybridized carbons (Fsp3) is 0.818. The van der Waals surface area contributed by atoms with Crippen LogP contribution in [0, 0.1) is 11.3 Å². The SMILES string of the molecule is CC1=CC[C@@]2(CO)COC(C)[C@@H]1C2. The first-order valence-electron chi connectivity index (χ1n) is 5.06. The van der Waals surface area contributed by atoms with Gasteiger partial charge < -0.3 is 9.84 Å². The van der Waals surface area contributed by atoms with E-state index in [-0.39, 0.29) is 12.0 Å². The third-order valence-electron chi connectivity index (χ3n) is 3.65. The number of rotatable bonds is 1. The Bertz CT molecular complexity index is 234. The van der Waals surface area contributed by atoms with E-state index in [2.05, 4.69) is 19.9 Å². The third-order valence-corrected chi connectivity index (χ3v) is 3.65. The second-order valence-corrected chi connectivity index (χ2v) is 4.64.